The molecule has 0 spiro atoms. The third-order valence-corrected chi connectivity index (χ3v) is 6.13. The molecule has 1 N–H and O–H groups in total. The second-order valence-electron chi connectivity index (χ2n) is 8.40. The van der Waals surface area contributed by atoms with Gasteiger partial charge in [0, 0.05) is 39.4 Å². The number of amides is 1. The highest BCUT2D eigenvalue weighted by atomic mass is 16.5. The smallest absolute Gasteiger partial charge is 0.248 e. The summed E-state index contributed by atoms with van der Waals surface area (Å²) in [6.45, 7) is 8.46. The number of nitrogens with one attached hydrogen (secondary N) is 1. The van der Waals surface area contributed by atoms with Crippen molar-refractivity contribution in [1.82, 2.24) is 0 Å². The first-order valence-electron chi connectivity index (χ1n) is 11.9. The lowest BCUT2D eigenvalue weighted by molar-refractivity contribution is -0.111. The van der Waals surface area contributed by atoms with Crippen LogP contribution in [0.5, 0.6) is 11.5 Å². The minimum Gasteiger partial charge on any atom is -0.496 e. The molecule has 4 aromatic rings. The fourth-order valence-corrected chi connectivity index (χ4v) is 4.29. The molecule has 0 atom stereocenters. The summed E-state index contributed by atoms with van der Waals surface area (Å²) in [5.41, 5.74) is 7.16. The van der Waals surface area contributed by atoms with Crippen molar-refractivity contribution in [2.75, 3.05) is 19.0 Å². The van der Waals surface area contributed by atoms with Crippen LogP contribution in [0.1, 0.15) is 37.5 Å². The van der Waals surface area contributed by atoms with Crippen LogP contribution in [0.3, 0.4) is 0 Å². The maximum Gasteiger partial charge on any atom is 0.248 e. The van der Waals surface area contributed by atoms with Crippen molar-refractivity contribution >= 4 is 28.1 Å². The van der Waals surface area contributed by atoms with Crippen molar-refractivity contribution in [2.45, 2.75) is 34.1 Å². The maximum atomic E-state index is 12.8. The Morgan fingerprint density at radius 3 is 2.49 bits per heavy atom. The number of para-hydroxylation sites is 1. The third-order valence-electron chi connectivity index (χ3n) is 6.13. The van der Waals surface area contributed by atoms with Gasteiger partial charge in [-0.3, -0.25) is 4.79 Å². The summed E-state index contributed by atoms with van der Waals surface area (Å²) in [6, 6.07) is 17.8. The molecule has 5 heteroatoms. The van der Waals surface area contributed by atoms with E-state index in [1.807, 2.05) is 75.4 Å². The van der Waals surface area contributed by atoms with Crippen molar-refractivity contribution in [3.8, 4) is 22.6 Å². The summed E-state index contributed by atoms with van der Waals surface area (Å²) < 4.78 is 17.6. The molecule has 1 amide bonds. The minimum atomic E-state index is -0.191. The van der Waals surface area contributed by atoms with Gasteiger partial charge >= 0.3 is 0 Å². The molecule has 0 radical (unpaired) electrons. The van der Waals surface area contributed by atoms with Crippen molar-refractivity contribution in [3.05, 3.63) is 83.6 Å². The van der Waals surface area contributed by atoms with E-state index in [0.29, 0.717) is 6.61 Å². The van der Waals surface area contributed by atoms with Crippen molar-refractivity contribution in [1.29, 1.82) is 0 Å². The normalized spacial score (nSPS) is 11.5. The zero-order valence-corrected chi connectivity index (χ0v) is 20.9. The Labute approximate surface area is 206 Å². The number of ether oxygens (including phenoxy) is 2. The fourth-order valence-electron chi connectivity index (χ4n) is 4.29. The third kappa shape index (κ3) is 4.94. The largest absolute Gasteiger partial charge is 0.496 e. The zero-order chi connectivity index (χ0) is 24.9. The predicted molar refractivity (Wildman–Crippen MR) is 142 cm³/mol. The van der Waals surface area contributed by atoms with Gasteiger partial charge < -0.3 is 19.2 Å². The van der Waals surface area contributed by atoms with Gasteiger partial charge in [-0.25, -0.2) is 0 Å². The second kappa shape index (κ2) is 10.5. The Balaban J connectivity index is 1.77. The number of benzene rings is 3. The molecule has 0 aliphatic heterocycles. The number of allylic oxidation sites excluding steroid dienone is 1. The number of carbonyl (C=O) groups is 1. The van der Waals surface area contributed by atoms with E-state index >= 15 is 0 Å². The van der Waals surface area contributed by atoms with Gasteiger partial charge in [-0.1, -0.05) is 37.3 Å². The van der Waals surface area contributed by atoms with Crippen LogP contribution in [0, 0.1) is 6.92 Å². The van der Waals surface area contributed by atoms with Gasteiger partial charge in [0.05, 0.1) is 20.0 Å². The Morgan fingerprint density at radius 2 is 1.80 bits per heavy atom. The molecule has 4 rings (SSSR count). The summed E-state index contributed by atoms with van der Waals surface area (Å²) in [5.74, 6) is 1.29. The predicted octanol–water partition coefficient (Wildman–Crippen LogP) is 7.42. The van der Waals surface area contributed by atoms with Crippen LogP contribution in [0.4, 0.5) is 5.69 Å². The lowest BCUT2D eigenvalue weighted by atomic mass is 9.96. The van der Waals surface area contributed by atoms with Crippen LogP contribution >= 0.6 is 0 Å². The summed E-state index contributed by atoms with van der Waals surface area (Å²) in [4.78, 5) is 12.8. The van der Waals surface area contributed by atoms with E-state index in [9.17, 15) is 4.79 Å². The van der Waals surface area contributed by atoms with E-state index in [1.165, 1.54) is 5.56 Å². The highest BCUT2D eigenvalue weighted by Gasteiger charge is 2.20. The molecule has 35 heavy (non-hydrogen) atoms. The SMILES string of the molecule is CCOc1c(/C(C)=C/C(=O)Nc2ccc(CC)cc2)cc2c(-c3ccccc3OC)coc2c1C. The molecule has 5 nitrogen and oxygen atoms in total. The van der Waals surface area contributed by atoms with Crippen molar-refractivity contribution in [3.63, 3.8) is 0 Å². The maximum absolute atomic E-state index is 12.8. The second-order valence-corrected chi connectivity index (χ2v) is 8.40. The zero-order valence-electron chi connectivity index (χ0n) is 20.9. The van der Waals surface area contributed by atoms with Crippen LogP contribution in [0.25, 0.3) is 27.7 Å². The molecule has 1 heterocycles. The number of fused-ring (bicyclic) bond motifs is 1. The average molecular weight is 470 g/mol. The molecule has 0 saturated carbocycles. The molecule has 0 aliphatic carbocycles. The number of hydrogen-bond donors (Lipinski definition) is 1. The van der Waals surface area contributed by atoms with E-state index in [-0.39, 0.29) is 5.91 Å². The Hall–Kier alpha value is -3.99. The molecule has 1 aromatic heterocycles. The number of methoxy groups -OCH3 is 1. The molecule has 0 aliphatic rings. The number of hydrogen-bond acceptors (Lipinski definition) is 4. The van der Waals surface area contributed by atoms with E-state index in [0.717, 1.165) is 62.4 Å². The monoisotopic (exact) mass is 469 g/mol. The molecule has 0 bridgehead atoms. The molecule has 0 saturated heterocycles. The summed E-state index contributed by atoms with van der Waals surface area (Å²) in [5, 5.41) is 3.89. The standard InChI is InChI=1S/C30H31NO4/c1-6-21-12-14-22(15-13-21)31-28(32)16-19(3)24-17-25-26(23-10-8-9-11-27(23)33-5)18-35-30(25)20(4)29(24)34-7-2/h8-18H,6-7H2,1-5H3,(H,31,32)/b19-16+. The quantitative estimate of drug-likeness (QED) is 0.273. The number of furan rings is 1. The van der Waals surface area contributed by atoms with Crippen molar-refractivity contribution < 1.29 is 18.7 Å². The lowest BCUT2D eigenvalue weighted by Crippen LogP contribution is -2.09. The minimum absolute atomic E-state index is 0.191. The highest BCUT2D eigenvalue weighted by Crippen LogP contribution is 2.42. The fraction of sp³-hybridized carbons (Fsp3) is 0.233. The number of carbonyl (C=O) groups excluding carboxylic acids is 1. The Kier molecular flexibility index (Phi) is 7.25. The summed E-state index contributed by atoms with van der Waals surface area (Å²) >= 11 is 0. The van der Waals surface area contributed by atoms with Crippen LogP contribution in [0.15, 0.2) is 71.4 Å². The molecular formula is C30H31NO4. The van der Waals surface area contributed by atoms with Crippen LogP contribution in [-0.4, -0.2) is 19.6 Å². The Bertz CT molecular complexity index is 1380. The van der Waals surface area contributed by atoms with E-state index < -0.39 is 0 Å². The van der Waals surface area contributed by atoms with Crippen LogP contribution < -0.4 is 14.8 Å². The Morgan fingerprint density at radius 1 is 1.06 bits per heavy atom. The first-order chi connectivity index (χ1) is 17.0. The van der Waals surface area contributed by atoms with E-state index in [1.54, 1.807) is 19.4 Å². The van der Waals surface area contributed by atoms with Gasteiger partial charge in [-0.2, -0.15) is 0 Å². The molecule has 180 valence electrons. The number of aryl methyl sites for hydroxylation is 2. The van der Waals surface area contributed by atoms with Crippen molar-refractivity contribution in [2.24, 2.45) is 0 Å². The van der Waals surface area contributed by atoms with Gasteiger partial charge in [-0.15, -0.1) is 0 Å². The summed E-state index contributed by atoms with van der Waals surface area (Å²) in [7, 11) is 1.66. The van der Waals surface area contributed by atoms with Gasteiger partial charge in [0.25, 0.3) is 0 Å². The molecule has 3 aromatic carbocycles. The first kappa shape index (κ1) is 24.1. The highest BCUT2D eigenvalue weighted by molar-refractivity contribution is 6.06. The van der Waals surface area contributed by atoms with E-state index in [4.69, 9.17) is 13.9 Å². The summed E-state index contributed by atoms with van der Waals surface area (Å²) in [6.07, 6.45) is 4.32. The van der Waals surface area contributed by atoms with E-state index in [2.05, 4.69) is 12.2 Å². The molecule has 0 unspecified atom stereocenters. The van der Waals surface area contributed by atoms with Gasteiger partial charge in [0.15, 0.2) is 0 Å². The van der Waals surface area contributed by atoms with Crippen LogP contribution in [0.2, 0.25) is 0 Å². The van der Waals surface area contributed by atoms with Gasteiger partial charge in [0.1, 0.15) is 17.1 Å². The van der Waals surface area contributed by atoms with Gasteiger partial charge in [-0.05, 0) is 62.6 Å². The van der Waals surface area contributed by atoms with Gasteiger partial charge in [0.2, 0.25) is 5.91 Å². The average Bonchev–Trinajstić information content (AvgIpc) is 3.30. The van der Waals surface area contributed by atoms with Crippen LogP contribution in [-0.2, 0) is 11.2 Å². The number of anilines is 1. The topological polar surface area (TPSA) is 60.7 Å². The lowest BCUT2D eigenvalue weighted by Gasteiger charge is -2.15. The first-order valence-corrected chi connectivity index (χ1v) is 11.9. The number of rotatable bonds is 8. The molecular weight excluding hydrogens is 438 g/mol. The molecule has 0 fully saturated rings.